The fraction of sp³-hybridized carbons (Fsp3) is 0.294. The van der Waals surface area contributed by atoms with Crippen molar-refractivity contribution in [1.82, 2.24) is 0 Å². The van der Waals surface area contributed by atoms with Gasteiger partial charge in [-0.15, -0.1) is 11.3 Å². The summed E-state index contributed by atoms with van der Waals surface area (Å²) < 4.78 is 15.4. The Labute approximate surface area is 143 Å². The lowest BCUT2D eigenvalue weighted by Gasteiger charge is -2.07. The topological polar surface area (TPSA) is 73.9 Å². The molecule has 1 aromatic heterocycles. The summed E-state index contributed by atoms with van der Waals surface area (Å²) in [7, 11) is 0. The van der Waals surface area contributed by atoms with Gasteiger partial charge in [0.25, 0.3) is 5.91 Å². The van der Waals surface area contributed by atoms with Crippen LogP contribution >= 0.6 is 11.3 Å². The Morgan fingerprint density at radius 2 is 2.08 bits per heavy atom. The van der Waals surface area contributed by atoms with E-state index in [1.807, 2.05) is 17.5 Å². The van der Waals surface area contributed by atoms with Gasteiger partial charge in [0.05, 0.1) is 0 Å². The molecule has 24 heavy (non-hydrogen) atoms. The van der Waals surface area contributed by atoms with Crippen molar-refractivity contribution >= 4 is 28.9 Å². The lowest BCUT2D eigenvalue weighted by molar-refractivity contribution is -0.147. The van der Waals surface area contributed by atoms with E-state index in [0.29, 0.717) is 30.0 Å². The highest BCUT2D eigenvalue weighted by Crippen LogP contribution is 2.34. The molecule has 2 heterocycles. The second-order valence-electron chi connectivity index (χ2n) is 5.21. The van der Waals surface area contributed by atoms with Gasteiger partial charge in [-0.1, -0.05) is 6.07 Å². The van der Waals surface area contributed by atoms with Crippen molar-refractivity contribution in [3.63, 3.8) is 0 Å². The van der Waals surface area contributed by atoms with Crippen LogP contribution < -0.4 is 14.8 Å². The van der Waals surface area contributed by atoms with Crippen LogP contribution in [0.25, 0.3) is 0 Å². The highest BCUT2D eigenvalue weighted by Gasteiger charge is 2.14. The molecule has 1 aliphatic heterocycles. The fourth-order valence-electron chi connectivity index (χ4n) is 2.25. The molecule has 0 spiro atoms. The molecule has 0 unspecified atom stereocenters. The quantitative estimate of drug-likeness (QED) is 0.780. The molecular formula is C17H17NO5S. The molecule has 0 radical (unpaired) electrons. The minimum absolute atomic E-state index is 0.176. The number of hydrogen-bond donors (Lipinski definition) is 1. The molecular weight excluding hydrogens is 330 g/mol. The third-order valence-corrected chi connectivity index (χ3v) is 4.34. The molecule has 7 heteroatoms. The number of esters is 1. The van der Waals surface area contributed by atoms with Crippen molar-refractivity contribution in [3.05, 3.63) is 40.6 Å². The van der Waals surface area contributed by atoms with E-state index in [-0.39, 0.29) is 25.3 Å². The summed E-state index contributed by atoms with van der Waals surface area (Å²) in [5, 5.41) is 4.66. The van der Waals surface area contributed by atoms with E-state index in [1.165, 1.54) is 4.88 Å². The molecule has 0 saturated carbocycles. The number of hydrogen-bond acceptors (Lipinski definition) is 6. The second-order valence-corrected chi connectivity index (χ2v) is 6.24. The molecule has 0 saturated heterocycles. The molecule has 126 valence electrons. The zero-order valence-corrected chi connectivity index (χ0v) is 13.8. The van der Waals surface area contributed by atoms with Gasteiger partial charge in [0.15, 0.2) is 18.1 Å². The Bertz CT molecular complexity index is 714. The molecule has 0 atom stereocenters. The maximum Gasteiger partial charge on any atom is 0.306 e. The van der Waals surface area contributed by atoms with Gasteiger partial charge in [-0.25, -0.2) is 0 Å². The van der Waals surface area contributed by atoms with Gasteiger partial charge < -0.3 is 19.5 Å². The molecule has 1 amide bonds. The number of carbonyl (C=O) groups is 2. The summed E-state index contributed by atoms with van der Waals surface area (Å²) in [6.45, 7) is -0.123. The highest BCUT2D eigenvalue weighted by molar-refractivity contribution is 7.09. The van der Waals surface area contributed by atoms with Gasteiger partial charge >= 0.3 is 5.97 Å². The maximum absolute atomic E-state index is 11.8. The number of carbonyl (C=O) groups excluding carboxylic acids is 2. The number of ether oxygens (including phenoxy) is 3. The Morgan fingerprint density at radius 3 is 2.92 bits per heavy atom. The first-order chi connectivity index (χ1) is 11.7. The van der Waals surface area contributed by atoms with E-state index >= 15 is 0 Å². The molecule has 6 nitrogen and oxygen atoms in total. The fourth-order valence-corrected chi connectivity index (χ4v) is 3.00. The molecule has 0 fully saturated rings. The molecule has 2 aromatic rings. The molecule has 3 rings (SSSR count). The van der Waals surface area contributed by atoms with Crippen molar-refractivity contribution in [3.8, 4) is 11.5 Å². The number of rotatable bonds is 7. The van der Waals surface area contributed by atoms with E-state index in [1.54, 1.807) is 29.5 Å². The second kappa shape index (κ2) is 7.83. The van der Waals surface area contributed by atoms with E-state index < -0.39 is 0 Å². The van der Waals surface area contributed by atoms with Crippen LogP contribution in [0.15, 0.2) is 35.7 Å². The van der Waals surface area contributed by atoms with Crippen LogP contribution in [-0.2, 0) is 20.7 Å². The Hall–Kier alpha value is -2.54. The predicted molar refractivity (Wildman–Crippen MR) is 89.4 cm³/mol. The molecule has 0 aliphatic carbocycles. The summed E-state index contributed by atoms with van der Waals surface area (Å²) in [6, 6.07) is 9.11. The monoisotopic (exact) mass is 347 g/mol. The number of nitrogens with one attached hydrogen (secondary N) is 1. The third-order valence-electron chi connectivity index (χ3n) is 3.40. The van der Waals surface area contributed by atoms with Crippen molar-refractivity contribution in [1.29, 1.82) is 0 Å². The van der Waals surface area contributed by atoms with Gasteiger partial charge in [-0.05, 0) is 36.4 Å². The summed E-state index contributed by atoms with van der Waals surface area (Å²) in [6.07, 6.45) is 1.86. The summed E-state index contributed by atoms with van der Waals surface area (Å²) in [5.74, 6) is 0.469. The van der Waals surface area contributed by atoms with Crippen LogP contribution in [0, 0.1) is 0 Å². The molecule has 1 aliphatic rings. The van der Waals surface area contributed by atoms with Crippen molar-refractivity contribution in [2.75, 3.05) is 18.7 Å². The van der Waals surface area contributed by atoms with Gasteiger partial charge in [0.2, 0.25) is 6.79 Å². The van der Waals surface area contributed by atoms with Gasteiger partial charge in [0, 0.05) is 23.1 Å². The summed E-state index contributed by atoms with van der Waals surface area (Å²) >= 11 is 1.67. The first-order valence-electron chi connectivity index (χ1n) is 7.58. The average Bonchev–Trinajstić information content (AvgIpc) is 3.24. The van der Waals surface area contributed by atoms with Crippen LogP contribution in [0.1, 0.15) is 17.7 Å². The zero-order valence-electron chi connectivity index (χ0n) is 12.9. The van der Waals surface area contributed by atoms with Crippen LogP contribution in [0.5, 0.6) is 11.5 Å². The van der Waals surface area contributed by atoms with Gasteiger partial charge in [0.1, 0.15) is 0 Å². The number of benzene rings is 1. The van der Waals surface area contributed by atoms with Crippen molar-refractivity contribution in [2.24, 2.45) is 0 Å². The standard InChI is InChI=1S/C17H17NO5S/c19-16(18-12-6-7-14-15(9-12)23-11-22-14)10-21-17(20)5-1-3-13-4-2-8-24-13/h2,4,6-9H,1,3,5,10-11H2,(H,18,19). The number of aryl methyl sites for hydroxylation is 1. The lowest BCUT2D eigenvalue weighted by Crippen LogP contribution is -2.20. The smallest absolute Gasteiger partial charge is 0.306 e. The average molecular weight is 347 g/mol. The van der Waals surface area contributed by atoms with E-state index in [2.05, 4.69) is 5.32 Å². The highest BCUT2D eigenvalue weighted by atomic mass is 32.1. The van der Waals surface area contributed by atoms with Crippen molar-refractivity contribution in [2.45, 2.75) is 19.3 Å². The summed E-state index contributed by atoms with van der Waals surface area (Å²) in [4.78, 5) is 24.7. The van der Waals surface area contributed by atoms with E-state index in [4.69, 9.17) is 14.2 Å². The number of fused-ring (bicyclic) bond motifs is 1. The molecule has 0 bridgehead atoms. The lowest BCUT2D eigenvalue weighted by atomic mass is 10.2. The maximum atomic E-state index is 11.8. The zero-order chi connectivity index (χ0) is 16.8. The van der Waals surface area contributed by atoms with E-state index in [9.17, 15) is 9.59 Å². The molecule has 1 aromatic carbocycles. The largest absolute Gasteiger partial charge is 0.456 e. The normalized spacial score (nSPS) is 12.0. The minimum Gasteiger partial charge on any atom is -0.456 e. The number of amides is 1. The minimum atomic E-state index is -0.388. The predicted octanol–water partition coefficient (Wildman–Crippen LogP) is 2.98. The first kappa shape index (κ1) is 16.3. The molecule has 1 N–H and O–H groups in total. The first-order valence-corrected chi connectivity index (χ1v) is 8.46. The van der Waals surface area contributed by atoms with Crippen LogP contribution in [-0.4, -0.2) is 25.3 Å². The van der Waals surface area contributed by atoms with Gasteiger partial charge in [-0.3, -0.25) is 9.59 Å². The Morgan fingerprint density at radius 1 is 1.21 bits per heavy atom. The van der Waals surface area contributed by atoms with Crippen LogP contribution in [0.3, 0.4) is 0 Å². The van der Waals surface area contributed by atoms with Crippen molar-refractivity contribution < 1.29 is 23.8 Å². The van der Waals surface area contributed by atoms with Gasteiger partial charge in [-0.2, -0.15) is 0 Å². The Kier molecular flexibility index (Phi) is 5.32. The van der Waals surface area contributed by atoms with E-state index in [0.717, 1.165) is 6.42 Å². The number of thiophene rings is 1. The SMILES string of the molecule is O=C(COC(=O)CCCc1cccs1)Nc1ccc2c(c1)OCO2. The number of anilines is 1. The van der Waals surface area contributed by atoms with Crippen LogP contribution in [0.4, 0.5) is 5.69 Å². The third kappa shape index (κ3) is 4.48. The summed E-state index contributed by atoms with van der Waals surface area (Å²) in [5.41, 5.74) is 0.568. The van der Waals surface area contributed by atoms with Crippen LogP contribution in [0.2, 0.25) is 0 Å². The Balaban J connectivity index is 1.36.